The van der Waals surface area contributed by atoms with Gasteiger partial charge < -0.3 is 0 Å². The van der Waals surface area contributed by atoms with Crippen LogP contribution in [0.25, 0.3) is 0 Å². The molecule has 2 aromatic rings. The number of hydrogen-bond donors (Lipinski definition) is 0. The Hall–Kier alpha value is -1.45. The summed E-state index contributed by atoms with van der Waals surface area (Å²) in [6, 6.07) is 13.0. The molecule has 0 aliphatic carbocycles. The lowest BCUT2D eigenvalue weighted by Gasteiger charge is -2.10. The highest BCUT2D eigenvalue weighted by atomic mass is 127. The van der Waals surface area contributed by atoms with Crippen molar-refractivity contribution in [3.63, 3.8) is 0 Å². The second kappa shape index (κ2) is 6.33. The van der Waals surface area contributed by atoms with Crippen molar-refractivity contribution in [2.75, 3.05) is 0 Å². The van der Waals surface area contributed by atoms with E-state index in [2.05, 4.69) is 22.6 Å². The third-order valence-corrected chi connectivity index (χ3v) is 3.76. The van der Waals surface area contributed by atoms with Gasteiger partial charge in [-0.15, -0.1) is 0 Å². The van der Waals surface area contributed by atoms with Gasteiger partial charge in [0, 0.05) is 14.7 Å². The molecule has 2 nitrogen and oxygen atoms in total. The summed E-state index contributed by atoms with van der Waals surface area (Å²) in [5.74, 6) is -2.36. The van der Waals surface area contributed by atoms with Gasteiger partial charge in [0.05, 0.1) is 11.1 Å². The van der Waals surface area contributed by atoms with Crippen molar-refractivity contribution in [1.29, 1.82) is 5.26 Å². The number of carbonyl (C=O) groups excluding carboxylic acids is 1. The standard InChI is InChI=1S/C15H8ClFINO/c16-13-6-2-5-11(14(13)17)12(8-19)15(20)9-3-1-4-10(18)7-9/h1-7,12H. The minimum absolute atomic E-state index is 0.00358. The summed E-state index contributed by atoms with van der Waals surface area (Å²) >= 11 is 7.76. The topological polar surface area (TPSA) is 40.9 Å². The number of ketones is 1. The lowest BCUT2D eigenvalue weighted by molar-refractivity contribution is 0.0977. The third-order valence-electron chi connectivity index (χ3n) is 2.79. The molecule has 0 amide bonds. The fourth-order valence-electron chi connectivity index (χ4n) is 1.82. The van der Waals surface area contributed by atoms with Gasteiger partial charge in [0.25, 0.3) is 0 Å². The van der Waals surface area contributed by atoms with Crippen LogP contribution in [0, 0.1) is 20.7 Å². The van der Waals surface area contributed by atoms with Crippen LogP contribution in [0.5, 0.6) is 0 Å². The number of carbonyl (C=O) groups is 1. The monoisotopic (exact) mass is 399 g/mol. The number of nitrogens with zero attached hydrogens (tertiary/aromatic N) is 1. The molecule has 1 unspecified atom stereocenters. The minimum atomic E-state index is -1.20. The maximum absolute atomic E-state index is 14.0. The van der Waals surface area contributed by atoms with E-state index < -0.39 is 17.5 Å². The van der Waals surface area contributed by atoms with Gasteiger partial charge in [-0.2, -0.15) is 5.26 Å². The molecular weight excluding hydrogens is 392 g/mol. The molecule has 0 aliphatic heterocycles. The van der Waals surface area contributed by atoms with Gasteiger partial charge in [0.2, 0.25) is 0 Å². The van der Waals surface area contributed by atoms with Crippen molar-refractivity contribution >= 4 is 40.0 Å². The number of nitriles is 1. The Bertz CT molecular complexity index is 711. The average molecular weight is 400 g/mol. The summed E-state index contributed by atoms with van der Waals surface area (Å²) in [6.45, 7) is 0. The first-order valence-corrected chi connectivity index (χ1v) is 7.13. The maximum Gasteiger partial charge on any atom is 0.184 e. The van der Waals surface area contributed by atoms with Crippen LogP contribution in [0.3, 0.4) is 0 Å². The van der Waals surface area contributed by atoms with E-state index in [1.165, 1.54) is 18.2 Å². The summed E-state index contributed by atoms with van der Waals surface area (Å²) in [5.41, 5.74) is 0.381. The van der Waals surface area contributed by atoms with Gasteiger partial charge in [-0.1, -0.05) is 35.9 Å². The van der Waals surface area contributed by atoms with Crippen molar-refractivity contribution < 1.29 is 9.18 Å². The van der Waals surface area contributed by atoms with Crippen molar-refractivity contribution in [3.8, 4) is 6.07 Å². The van der Waals surface area contributed by atoms with Crippen LogP contribution in [0.4, 0.5) is 4.39 Å². The van der Waals surface area contributed by atoms with E-state index in [1.807, 2.05) is 12.1 Å². The smallest absolute Gasteiger partial charge is 0.184 e. The number of rotatable bonds is 3. The van der Waals surface area contributed by atoms with E-state index in [-0.39, 0.29) is 10.6 Å². The van der Waals surface area contributed by atoms with Crippen molar-refractivity contribution in [2.24, 2.45) is 0 Å². The number of benzene rings is 2. The zero-order valence-corrected chi connectivity index (χ0v) is 13.0. The molecule has 0 N–H and O–H groups in total. The molecule has 0 spiro atoms. The quantitative estimate of drug-likeness (QED) is 0.560. The number of hydrogen-bond acceptors (Lipinski definition) is 2. The summed E-state index contributed by atoms with van der Waals surface area (Å²) in [5, 5.41) is 9.11. The van der Waals surface area contributed by atoms with E-state index >= 15 is 0 Å². The molecule has 5 heteroatoms. The normalized spacial score (nSPS) is 11.7. The second-order valence-corrected chi connectivity index (χ2v) is 5.73. The molecule has 0 bridgehead atoms. The highest BCUT2D eigenvalue weighted by Gasteiger charge is 2.25. The van der Waals surface area contributed by atoms with Crippen LogP contribution in [0.2, 0.25) is 5.02 Å². The van der Waals surface area contributed by atoms with Crippen LogP contribution < -0.4 is 0 Å². The van der Waals surface area contributed by atoms with E-state index in [4.69, 9.17) is 11.6 Å². The van der Waals surface area contributed by atoms with Crippen LogP contribution in [-0.2, 0) is 0 Å². The predicted octanol–water partition coefficient (Wildman–Crippen LogP) is 4.57. The van der Waals surface area contributed by atoms with Crippen molar-refractivity contribution in [3.05, 3.63) is 68.0 Å². The number of Topliss-reactive ketones (excluding diaryl/α,β-unsaturated/α-hetero) is 1. The lowest BCUT2D eigenvalue weighted by Crippen LogP contribution is -2.13. The van der Waals surface area contributed by atoms with E-state index in [0.717, 1.165) is 3.57 Å². The van der Waals surface area contributed by atoms with E-state index in [9.17, 15) is 14.4 Å². The summed E-state index contributed by atoms with van der Waals surface area (Å²) in [6.07, 6.45) is 0. The molecule has 0 aromatic heterocycles. The molecule has 20 heavy (non-hydrogen) atoms. The highest BCUT2D eigenvalue weighted by Crippen LogP contribution is 2.27. The van der Waals surface area contributed by atoms with Gasteiger partial charge >= 0.3 is 0 Å². The van der Waals surface area contributed by atoms with Crippen molar-refractivity contribution in [2.45, 2.75) is 5.92 Å². The Balaban J connectivity index is 2.46. The van der Waals surface area contributed by atoms with Crippen LogP contribution in [0.1, 0.15) is 21.8 Å². The molecule has 0 radical (unpaired) electrons. The van der Waals surface area contributed by atoms with Crippen molar-refractivity contribution in [1.82, 2.24) is 0 Å². The fourth-order valence-corrected chi connectivity index (χ4v) is 2.55. The maximum atomic E-state index is 14.0. The first kappa shape index (κ1) is 14.9. The average Bonchev–Trinajstić information content (AvgIpc) is 2.44. The molecule has 100 valence electrons. The summed E-state index contributed by atoms with van der Waals surface area (Å²) in [7, 11) is 0. The Labute approximate surface area is 134 Å². The van der Waals surface area contributed by atoms with Gasteiger partial charge in [-0.25, -0.2) is 4.39 Å². The molecular formula is C15H8ClFINO. The Kier molecular flexibility index (Phi) is 4.73. The van der Waals surface area contributed by atoms with Crippen LogP contribution >= 0.6 is 34.2 Å². The molecule has 0 saturated carbocycles. The zero-order valence-electron chi connectivity index (χ0n) is 10.1. The van der Waals surface area contributed by atoms with E-state index in [1.54, 1.807) is 18.2 Å². The first-order valence-electron chi connectivity index (χ1n) is 5.68. The second-order valence-electron chi connectivity index (χ2n) is 4.08. The molecule has 0 saturated heterocycles. The number of halogens is 3. The van der Waals surface area contributed by atoms with Gasteiger partial charge in [0.15, 0.2) is 5.78 Å². The molecule has 2 aromatic carbocycles. The SMILES string of the molecule is N#CC(C(=O)c1cccc(I)c1)c1cccc(Cl)c1F. The van der Waals surface area contributed by atoms with Gasteiger partial charge in [-0.3, -0.25) is 4.79 Å². The molecule has 0 fully saturated rings. The first-order chi connectivity index (χ1) is 9.54. The summed E-state index contributed by atoms with van der Waals surface area (Å²) < 4.78 is 14.8. The zero-order chi connectivity index (χ0) is 14.7. The predicted molar refractivity (Wildman–Crippen MR) is 83.3 cm³/mol. The summed E-state index contributed by atoms with van der Waals surface area (Å²) in [4.78, 5) is 12.4. The van der Waals surface area contributed by atoms with Crippen LogP contribution in [-0.4, -0.2) is 5.78 Å². The Morgan fingerprint density at radius 2 is 2.00 bits per heavy atom. The van der Waals surface area contributed by atoms with Gasteiger partial charge in [0.1, 0.15) is 11.7 Å². The van der Waals surface area contributed by atoms with E-state index in [0.29, 0.717) is 5.56 Å². The van der Waals surface area contributed by atoms with Crippen LogP contribution in [0.15, 0.2) is 42.5 Å². The Morgan fingerprint density at radius 3 is 2.65 bits per heavy atom. The largest absolute Gasteiger partial charge is 0.292 e. The molecule has 0 heterocycles. The minimum Gasteiger partial charge on any atom is -0.292 e. The van der Waals surface area contributed by atoms with Gasteiger partial charge in [-0.05, 0) is 40.8 Å². The molecule has 1 atom stereocenters. The molecule has 2 rings (SSSR count). The highest BCUT2D eigenvalue weighted by molar-refractivity contribution is 14.1. The fraction of sp³-hybridized carbons (Fsp3) is 0.0667. The Morgan fingerprint density at radius 1 is 1.30 bits per heavy atom. The third kappa shape index (κ3) is 3.00. The lowest BCUT2D eigenvalue weighted by atomic mass is 9.91. The molecule has 0 aliphatic rings.